The highest BCUT2D eigenvalue weighted by Crippen LogP contribution is 2.14. The Morgan fingerprint density at radius 2 is 2.18 bits per heavy atom. The molecular formula is C9H10N2O5S. The Morgan fingerprint density at radius 3 is 2.65 bits per heavy atom. The fourth-order valence-corrected chi connectivity index (χ4v) is 1.94. The quantitative estimate of drug-likeness (QED) is 0.372. The fraction of sp³-hybridized carbons (Fsp3) is 0.222. The lowest BCUT2D eigenvalue weighted by molar-refractivity contribution is -0.384. The second kappa shape index (κ2) is 4.91. The number of sulfone groups is 1. The van der Waals surface area contributed by atoms with Crippen molar-refractivity contribution in [3.8, 4) is 0 Å². The number of oxime groups is 1. The molecule has 1 aromatic carbocycles. The lowest BCUT2D eigenvalue weighted by Crippen LogP contribution is -2.16. The summed E-state index contributed by atoms with van der Waals surface area (Å²) in [5.74, 6) is -0.481. The molecule has 92 valence electrons. The average molecular weight is 258 g/mol. The molecule has 7 nitrogen and oxygen atoms in total. The third-order valence-electron chi connectivity index (χ3n) is 1.91. The van der Waals surface area contributed by atoms with Crippen molar-refractivity contribution >= 4 is 21.2 Å². The molecule has 0 aliphatic heterocycles. The van der Waals surface area contributed by atoms with E-state index in [9.17, 15) is 18.5 Å². The summed E-state index contributed by atoms with van der Waals surface area (Å²) in [6, 6.07) is 5.24. The summed E-state index contributed by atoms with van der Waals surface area (Å²) in [4.78, 5) is 9.92. The van der Waals surface area contributed by atoms with E-state index in [1.165, 1.54) is 18.2 Å². The Labute approximate surface area is 97.4 Å². The van der Waals surface area contributed by atoms with Gasteiger partial charge in [-0.05, 0) is 0 Å². The Kier molecular flexibility index (Phi) is 3.79. The summed E-state index contributed by atoms with van der Waals surface area (Å²) >= 11 is 0. The van der Waals surface area contributed by atoms with Crippen LogP contribution in [0.1, 0.15) is 5.56 Å². The van der Waals surface area contributed by atoms with Gasteiger partial charge in [0.1, 0.15) is 5.71 Å². The second-order valence-corrected chi connectivity index (χ2v) is 5.56. The van der Waals surface area contributed by atoms with Crippen LogP contribution in [-0.4, -0.2) is 36.3 Å². The topological polar surface area (TPSA) is 110 Å². The maximum atomic E-state index is 11.1. The highest BCUT2D eigenvalue weighted by Gasteiger charge is 2.15. The van der Waals surface area contributed by atoms with Gasteiger partial charge in [-0.25, -0.2) is 8.42 Å². The third kappa shape index (κ3) is 3.83. The molecule has 0 unspecified atom stereocenters. The van der Waals surface area contributed by atoms with Crippen LogP contribution in [0.2, 0.25) is 0 Å². The van der Waals surface area contributed by atoms with Crippen molar-refractivity contribution < 1.29 is 18.5 Å². The minimum atomic E-state index is -3.38. The first-order valence-electron chi connectivity index (χ1n) is 4.47. The van der Waals surface area contributed by atoms with Gasteiger partial charge in [0, 0.05) is 24.0 Å². The molecule has 0 fully saturated rings. The fourth-order valence-electron chi connectivity index (χ4n) is 1.22. The maximum absolute atomic E-state index is 11.1. The van der Waals surface area contributed by atoms with Gasteiger partial charge in [0.05, 0.1) is 10.7 Å². The van der Waals surface area contributed by atoms with Crippen molar-refractivity contribution in [2.45, 2.75) is 0 Å². The predicted molar refractivity (Wildman–Crippen MR) is 61.1 cm³/mol. The van der Waals surface area contributed by atoms with Gasteiger partial charge in [-0.1, -0.05) is 17.3 Å². The highest BCUT2D eigenvalue weighted by molar-refractivity contribution is 7.91. The molecule has 0 saturated heterocycles. The summed E-state index contributed by atoms with van der Waals surface area (Å²) in [6.07, 6.45) is 0.982. The summed E-state index contributed by atoms with van der Waals surface area (Å²) in [6.45, 7) is 0. The van der Waals surface area contributed by atoms with Crippen LogP contribution in [0.5, 0.6) is 0 Å². The highest BCUT2D eigenvalue weighted by atomic mass is 32.2. The van der Waals surface area contributed by atoms with E-state index < -0.39 is 20.5 Å². The van der Waals surface area contributed by atoms with Crippen LogP contribution in [-0.2, 0) is 9.84 Å². The molecule has 8 heteroatoms. The largest absolute Gasteiger partial charge is 0.411 e. The number of benzene rings is 1. The molecular weight excluding hydrogens is 248 g/mol. The molecule has 0 spiro atoms. The molecule has 17 heavy (non-hydrogen) atoms. The number of hydrogen-bond acceptors (Lipinski definition) is 6. The van der Waals surface area contributed by atoms with Gasteiger partial charge in [0.2, 0.25) is 0 Å². The van der Waals surface area contributed by atoms with Crippen molar-refractivity contribution in [1.29, 1.82) is 0 Å². The van der Waals surface area contributed by atoms with Crippen molar-refractivity contribution in [3.63, 3.8) is 0 Å². The zero-order valence-electron chi connectivity index (χ0n) is 8.90. The van der Waals surface area contributed by atoms with Crippen LogP contribution < -0.4 is 0 Å². The lowest BCUT2D eigenvalue weighted by Gasteiger charge is -2.02. The lowest BCUT2D eigenvalue weighted by atomic mass is 10.1. The number of rotatable bonds is 4. The van der Waals surface area contributed by atoms with Gasteiger partial charge in [-0.2, -0.15) is 0 Å². The molecule has 0 bridgehead atoms. The molecule has 0 saturated carbocycles. The smallest absolute Gasteiger partial charge is 0.270 e. The van der Waals surface area contributed by atoms with Crippen molar-refractivity contribution in [2.24, 2.45) is 5.16 Å². The van der Waals surface area contributed by atoms with E-state index >= 15 is 0 Å². The van der Waals surface area contributed by atoms with E-state index in [4.69, 9.17) is 5.21 Å². The first-order chi connectivity index (χ1) is 7.83. The van der Waals surface area contributed by atoms with Gasteiger partial charge < -0.3 is 5.21 Å². The monoisotopic (exact) mass is 258 g/mol. The van der Waals surface area contributed by atoms with Gasteiger partial charge in [-0.3, -0.25) is 10.1 Å². The Bertz CT molecular complexity index is 565. The number of hydrogen-bond donors (Lipinski definition) is 1. The molecule has 0 heterocycles. The third-order valence-corrected chi connectivity index (χ3v) is 2.71. The molecule has 0 radical (unpaired) electrons. The number of nitro groups is 1. The Balaban J connectivity index is 3.14. The molecule has 0 atom stereocenters. The van der Waals surface area contributed by atoms with E-state index in [-0.39, 0.29) is 17.0 Å². The van der Waals surface area contributed by atoms with Crippen LogP contribution in [0, 0.1) is 10.1 Å². The Hall–Kier alpha value is -1.96. The number of nitrogens with zero attached hydrogens (tertiary/aromatic N) is 2. The van der Waals surface area contributed by atoms with Crippen LogP contribution in [0.15, 0.2) is 29.4 Å². The van der Waals surface area contributed by atoms with Gasteiger partial charge in [0.25, 0.3) is 5.69 Å². The Morgan fingerprint density at radius 1 is 1.53 bits per heavy atom. The average Bonchev–Trinajstić information content (AvgIpc) is 2.25. The van der Waals surface area contributed by atoms with Crippen LogP contribution >= 0.6 is 0 Å². The number of non-ortho nitro benzene ring substituents is 1. The minimum absolute atomic E-state index is 0.129. The van der Waals surface area contributed by atoms with Gasteiger partial charge >= 0.3 is 0 Å². The van der Waals surface area contributed by atoms with Crippen molar-refractivity contribution in [1.82, 2.24) is 0 Å². The second-order valence-electron chi connectivity index (χ2n) is 3.42. The van der Waals surface area contributed by atoms with E-state index in [2.05, 4.69) is 5.16 Å². The molecule has 1 N–H and O–H groups in total. The summed E-state index contributed by atoms with van der Waals surface area (Å²) < 4.78 is 22.1. The first kappa shape index (κ1) is 13.1. The van der Waals surface area contributed by atoms with Crippen molar-refractivity contribution in [2.75, 3.05) is 12.0 Å². The molecule has 0 amide bonds. The van der Waals surface area contributed by atoms with Crippen LogP contribution in [0.25, 0.3) is 0 Å². The van der Waals surface area contributed by atoms with Gasteiger partial charge in [-0.15, -0.1) is 0 Å². The van der Waals surface area contributed by atoms with Crippen molar-refractivity contribution in [3.05, 3.63) is 39.9 Å². The normalized spacial score (nSPS) is 12.4. The summed E-state index contributed by atoms with van der Waals surface area (Å²) in [5.41, 5.74) is -0.125. The molecule has 1 aromatic rings. The number of nitro benzene ring substituents is 1. The first-order valence-corrected chi connectivity index (χ1v) is 6.53. The summed E-state index contributed by atoms with van der Waals surface area (Å²) in [5, 5.41) is 22.1. The van der Waals surface area contributed by atoms with Crippen LogP contribution in [0.4, 0.5) is 5.69 Å². The SMILES string of the molecule is CS(=O)(=O)C/C(=N\O)c1cccc([N+](=O)[O-])c1. The summed E-state index contributed by atoms with van der Waals surface area (Å²) in [7, 11) is -3.38. The molecule has 0 aliphatic carbocycles. The minimum Gasteiger partial charge on any atom is -0.411 e. The van der Waals surface area contributed by atoms with E-state index in [0.717, 1.165) is 12.3 Å². The predicted octanol–water partition coefficient (Wildman–Crippen LogP) is 0.818. The zero-order chi connectivity index (χ0) is 13.1. The van der Waals surface area contributed by atoms with E-state index in [1.54, 1.807) is 0 Å². The molecule has 0 aromatic heterocycles. The molecule has 1 rings (SSSR count). The zero-order valence-corrected chi connectivity index (χ0v) is 9.72. The van der Waals surface area contributed by atoms with E-state index in [0.29, 0.717) is 0 Å². The van der Waals surface area contributed by atoms with Crippen LogP contribution in [0.3, 0.4) is 0 Å². The standard InChI is InChI=1S/C9H10N2O5S/c1-17(15,16)6-9(10-12)7-3-2-4-8(5-7)11(13)14/h2-5,12H,6H2,1H3/b10-9+. The maximum Gasteiger partial charge on any atom is 0.270 e. The van der Waals surface area contributed by atoms with Gasteiger partial charge in [0.15, 0.2) is 9.84 Å². The molecule has 0 aliphatic rings. The van der Waals surface area contributed by atoms with E-state index in [1.807, 2.05) is 0 Å².